The molecule has 0 aliphatic carbocycles. The summed E-state index contributed by atoms with van der Waals surface area (Å²) in [5, 5.41) is 0. The summed E-state index contributed by atoms with van der Waals surface area (Å²) in [6.45, 7) is 3.49. The molecule has 1 aliphatic rings. The van der Waals surface area contributed by atoms with Crippen LogP contribution in [-0.2, 0) is 18.3 Å². The molecule has 0 amide bonds. The standard InChI is InChI=1S/C14H18N4O/c1-17-11-15-8-12(17)9-18-6-7-19-14(10-18)13-4-2-3-5-16-13/h2-5,8,11,14H,6-7,9-10H2,1H3/t14-/m0/s1. The molecule has 2 aromatic rings. The zero-order valence-electron chi connectivity index (χ0n) is 11.1. The monoisotopic (exact) mass is 258 g/mol. The van der Waals surface area contributed by atoms with E-state index < -0.39 is 0 Å². The molecule has 0 bridgehead atoms. The summed E-state index contributed by atoms with van der Waals surface area (Å²) in [6, 6.07) is 5.96. The first-order chi connectivity index (χ1) is 9.33. The van der Waals surface area contributed by atoms with Crippen molar-refractivity contribution in [2.24, 2.45) is 7.05 Å². The molecule has 1 aliphatic heterocycles. The van der Waals surface area contributed by atoms with E-state index in [0.29, 0.717) is 0 Å². The van der Waals surface area contributed by atoms with Crippen molar-refractivity contribution in [1.29, 1.82) is 0 Å². The highest BCUT2D eigenvalue weighted by Gasteiger charge is 2.23. The fourth-order valence-corrected chi connectivity index (χ4v) is 2.36. The Morgan fingerprint density at radius 3 is 3.11 bits per heavy atom. The van der Waals surface area contributed by atoms with Crippen molar-refractivity contribution in [1.82, 2.24) is 19.4 Å². The molecule has 0 radical (unpaired) electrons. The lowest BCUT2D eigenvalue weighted by Gasteiger charge is -2.32. The minimum atomic E-state index is 0.0724. The second-order valence-corrected chi connectivity index (χ2v) is 4.85. The van der Waals surface area contributed by atoms with Gasteiger partial charge in [-0.2, -0.15) is 0 Å². The molecule has 100 valence electrons. The first-order valence-electron chi connectivity index (χ1n) is 6.53. The third kappa shape index (κ3) is 2.83. The predicted molar refractivity (Wildman–Crippen MR) is 71.4 cm³/mol. The van der Waals surface area contributed by atoms with E-state index in [0.717, 1.165) is 31.9 Å². The van der Waals surface area contributed by atoms with Gasteiger partial charge in [0.2, 0.25) is 0 Å². The largest absolute Gasteiger partial charge is 0.369 e. The van der Waals surface area contributed by atoms with Crippen molar-refractivity contribution in [3.63, 3.8) is 0 Å². The number of aromatic nitrogens is 3. The van der Waals surface area contributed by atoms with E-state index in [-0.39, 0.29) is 6.10 Å². The molecular formula is C14H18N4O. The normalized spacial score (nSPS) is 20.6. The van der Waals surface area contributed by atoms with Crippen LogP contribution < -0.4 is 0 Å². The maximum absolute atomic E-state index is 5.82. The van der Waals surface area contributed by atoms with Crippen LogP contribution >= 0.6 is 0 Å². The van der Waals surface area contributed by atoms with Gasteiger partial charge in [-0.25, -0.2) is 4.98 Å². The Balaban J connectivity index is 1.67. The quantitative estimate of drug-likeness (QED) is 0.834. The van der Waals surface area contributed by atoms with Gasteiger partial charge in [-0.3, -0.25) is 9.88 Å². The highest BCUT2D eigenvalue weighted by atomic mass is 16.5. The van der Waals surface area contributed by atoms with E-state index in [2.05, 4.69) is 19.4 Å². The number of ether oxygens (including phenoxy) is 1. The van der Waals surface area contributed by atoms with Crippen molar-refractivity contribution in [2.45, 2.75) is 12.6 Å². The van der Waals surface area contributed by atoms with Crippen molar-refractivity contribution < 1.29 is 4.74 Å². The zero-order chi connectivity index (χ0) is 13.1. The van der Waals surface area contributed by atoms with Gasteiger partial charge in [0.05, 0.1) is 24.3 Å². The van der Waals surface area contributed by atoms with E-state index in [1.165, 1.54) is 5.69 Å². The van der Waals surface area contributed by atoms with E-state index in [4.69, 9.17) is 4.74 Å². The zero-order valence-corrected chi connectivity index (χ0v) is 11.1. The van der Waals surface area contributed by atoms with Crippen molar-refractivity contribution >= 4 is 0 Å². The predicted octanol–water partition coefficient (Wildman–Crippen LogP) is 1.39. The maximum atomic E-state index is 5.82. The highest BCUT2D eigenvalue weighted by Crippen LogP contribution is 2.21. The second kappa shape index (κ2) is 5.50. The maximum Gasteiger partial charge on any atom is 0.112 e. The van der Waals surface area contributed by atoms with Gasteiger partial charge in [0.25, 0.3) is 0 Å². The fraction of sp³-hybridized carbons (Fsp3) is 0.429. The van der Waals surface area contributed by atoms with Crippen LogP contribution in [0.1, 0.15) is 17.5 Å². The first kappa shape index (κ1) is 12.3. The lowest BCUT2D eigenvalue weighted by molar-refractivity contribution is -0.0355. The summed E-state index contributed by atoms with van der Waals surface area (Å²) in [5.41, 5.74) is 2.24. The molecule has 3 heterocycles. The van der Waals surface area contributed by atoms with Crippen molar-refractivity contribution in [3.05, 3.63) is 48.3 Å². The molecule has 5 heteroatoms. The first-order valence-corrected chi connectivity index (χ1v) is 6.53. The number of imidazole rings is 1. The summed E-state index contributed by atoms with van der Waals surface area (Å²) in [6.07, 6.45) is 5.65. The van der Waals surface area contributed by atoms with Gasteiger partial charge in [-0.1, -0.05) is 6.07 Å². The molecule has 1 fully saturated rings. The lowest BCUT2D eigenvalue weighted by atomic mass is 10.2. The van der Waals surface area contributed by atoms with Gasteiger partial charge in [-0.05, 0) is 12.1 Å². The molecule has 0 spiro atoms. The Labute approximate surface area is 112 Å². The molecule has 2 aromatic heterocycles. The Bertz CT molecular complexity index is 525. The molecule has 0 N–H and O–H groups in total. The van der Waals surface area contributed by atoms with Gasteiger partial charge in [0.15, 0.2) is 0 Å². The Hall–Kier alpha value is -1.72. The molecule has 1 saturated heterocycles. The van der Waals surface area contributed by atoms with Gasteiger partial charge < -0.3 is 9.30 Å². The molecule has 0 unspecified atom stereocenters. The van der Waals surface area contributed by atoms with E-state index in [1.54, 1.807) is 0 Å². The van der Waals surface area contributed by atoms with Gasteiger partial charge in [0, 0.05) is 39.1 Å². The number of morpholine rings is 1. The van der Waals surface area contributed by atoms with Crippen LogP contribution in [0, 0.1) is 0 Å². The van der Waals surface area contributed by atoms with Crippen LogP contribution in [0.25, 0.3) is 0 Å². The third-order valence-electron chi connectivity index (χ3n) is 3.47. The summed E-state index contributed by atoms with van der Waals surface area (Å²) >= 11 is 0. The minimum Gasteiger partial charge on any atom is -0.369 e. The Morgan fingerprint density at radius 2 is 2.37 bits per heavy atom. The second-order valence-electron chi connectivity index (χ2n) is 4.85. The molecule has 1 atom stereocenters. The third-order valence-corrected chi connectivity index (χ3v) is 3.47. The SMILES string of the molecule is Cn1cncc1CN1CCO[C@H](c2ccccn2)C1. The summed E-state index contributed by atoms with van der Waals surface area (Å²) in [4.78, 5) is 10.9. The van der Waals surface area contributed by atoms with Crippen molar-refractivity contribution in [2.75, 3.05) is 19.7 Å². The topological polar surface area (TPSA) is 43.2 Å². The number of hydrogen-bond donors (Lipinski definition) is 0. The molecule has 3 rings (SSSR count). The molecule has 0 aromatic carbocycles. The lowest BCUT2D eigenvalue weighted by Crippen LogP contribution is -2.38. The molecule has 5 nitrogen and oxygen atoms in total. The van der Waals surface area contributed by atoms with Crippen LogP contribution in [0.3, 0.4) is 0 Å². The van der Waals surface area contributed by atoms with Gasteiger partial charge in [0.1, 0.15) is 6.10 Å². The van der Waals surface area contributed by atoms with Crippen LogP contribution in [0.4, 0.5) is 0 Å². The number of aryl methyl sites for hydroxylation is 1. The fourth-order valence-electron chi connectivity index (χ4n) is 2.36. The summed E-state index contributed by atoms with van der Waals surface area (Å²) < 4.78 is 7.88. The Morgan fingerprint density at radius 1 is 1.42 bits per heavy atom. The molecule has 19 heavy (non-hydrogen) atoms. The number of pyridine rings is 1. The van der Waals surface area contributed by atoms with E-state index in [1.807, 2.05) is 44.0 Å². The minimum absolute atomic E-state index is 0.0724. The molecule has 0 saturated carbocycles. The van der Waals surface area contributed by atoms with Crippen LogP contribution in [0.5, 0.6) is 0 Å². The van der Waals surface area contributed by atoms with E-state index in [9.17, 15) is 0 Å². The summed E-state index contributed by atoms with van der Waals surface area (Å²) in [7, 11) is 2.03. The van der Waals surface area contributed by atoms with E-state index >= 15 is 0 Å². The Kier molecular flexibility index (Phi) is 3.57. The average Bonchev–Trinajstić information content (AvgIpc) is 2.86. The number of hydrogen-bond acceptors (Lipinski definition) is 4. The molecular weight excluding hydrogens is 240 g/mol. The van der Waals surface area contributed by atoms with Crippen LogP contribution in [-0.4, -0.2) is 39.1 Å². The van der Waals surface area contributed by atoms with Gasteiger partial charge >= 0.3 is 0 Å². The highest BCUT2D eigenvalue weighted by molar-refractivity contribution is 5.08. The smallest absolute Gasteiger partial charge is 0.112 e. The van der Waals surface area contributed by atoms with Crippen molar-refractivity contribution in [3.8, 4) is 0 Å². The number of rotatable bonds is 3. The van der Waals surface area contributed by atoms with Gasteiger partial charge in [-0.15, -0.1) is 0 Å². The number of nitrogens with zero attached hydrogens (tertiary/aromatic N) is 4. The van der Waals surface area contributed by atoms with Crippen LogP contribution in [0.15, 0.2) is 36.9 Å². The summed E-state index contributed by atoms with van der Waals surface area (Å²) in [5.74, 6) is 0. The average molecular weight is 258 g/mol. The van der Waals surface area contributed by atoms with Crippen LogP contribution in [0.2, 0.25) is 0 Å².